The number of amides is 2. The van der Waals surface area contributed by atoms with Crippen molar-refractivity contribution in [1.29, 1.82) is 0 Å². The van der Waals surface area contributed by atoms with Gasteiger partial charge in [0, 0.05) is 32.5 Å². The van der Waals surface area contributed by atoms with E-state index in [2.05, 4.69) is 10.6 Å². The van der Waals surface area contributed by atoms with Crippen LogP contribution in [0.4, 0.5) is 5.69 Å². The molecule has 0 bridgehead atoms. The van der Waals surface area contributed by atoms with E-state index in [-0.39, 0.29) is 29.6 Å². The number of methoxy groups -OCH3 is 1. The molecule has 1 aliphatic heterocycles. The van der Waals surface area contributed by atoms with Crippen LogP contribution in [0.2, 0.25) is 0 Å². The molecule has 6 nitrogen and oxygen atoms in total. The second kappa shape index (κ2) is 10.5. The molecule has 0 atom stereocenters. The van der Waals surface area contributed by atoms with Gasteiger partial charge in [0.25, 0.3) is 5.91 Å². The number of halogens is 1. The molecule has 146 valence electrons. The normalized spacial score (nSPS) is 15.7. The minimum absolute atomic E-state index is 0. The lowest BCUT2D eigenvalue weighted by Crippen LogP contribution is -2.47. The summed E-state index contributed by atoms with van der Waals surface area (Å²) in [6.07, 6.45) is 2.34. The average molecular weight is 384 g/mol. The molecule has 1 aromatic carbocycles. The highest BCUT2D eigenvalue weighted by molar-refractivity contribution is 6.04. The maximum absolute atomic E-state index is 12.8. The smallest absolute Gasteiger partial charge is 0.253 e. The summed E-state index contributed by atoms with van der Waals surface area (Å²) in [6, 6.07) is 7.22. The lowest BCUT2D eigenvalue weighted by Gasteiger charge is -2.37. The molecule has 1 fully saturated rings. The lowest BCUT2D eigenvalue weighted by molar-refractivity contribution is -0.118. The van der Waals surface area contributed by atoms with Gasteiger partial charge in [0.2, 0.25) is 5.91 Å². The molecule has 0 aromatic heterocycles. The molecule has 0 spiro atoms. The topological polar surface area (TPSA) is 70.7 Å². The summed E-state index contributed by atoms with van der Waals surface area (Å²) in [4.78, 5) is 26.3. The molecule has 1 aromatic rings. The summed E-state index contributed by atoms with van der Waals surface area (Å²) in [5, 5.41) is 6.41. The zero-order chi connectivity index (χ0) is 18.3. The number of carbonyl (C=O) groups excluding carboxylic acids is 2. The number of anilines is 1. The van der Waals surface area contributed by atoms with E-state index in [1.807, 2.05) is 19.1 Å². The van der Waals surface area contributed by atoms with Crippen LogP contribution in [0.25, 0.3) is 0 Å². The van der Waals surface area contributed by atoms with Crippen LogP contribution < -0.4 is 15.5 Å². The molecule has 2 rings (SSSR count). The largest absolute Gasteiger partial charge is 0.384 e. The summed E-state index contributed by atoms with van der Waals surface area (Å²) in [6.45, 7) is 4.88. The monoisotopic (exact) mass is 383 g/mol. The molecule has 0 aliphatic carbocycles. The fourth-order valence-electron chi connectivity index (χ4n) is 3.33. The van der Waals surface area contributed by atoms with Crippen molar-refractivity contribution in [3.05, 3.63) is 29.8 Å². The van der Waals surface area contributed by atoms with Crippen LogP contribution in [0.15, 0.2) is 24.3 Å². The van der Waals surface area contributed by atoms with Crippen molar-refractivity contribution in [2.75, 3.05) is 45.3 Å². The van der Waals surface area contributed by atoms with Crippen molar-refractivity contribution in [2.24, 2.45) is 5.41 Å². The van der Waals surface area contributed by atoms with Crippen LogP contribution in [0.1, 0.15) is 36.5 Å². The van der Waals surface area contributed by atoms with Crippen LogP contribution in [0.5, 0.6) is 0 Å². The van der Waals surface area contributed by atoms with Gasteiger partial charge >= 0.3 is 0 Å². The van der Waals surface area contributed by atoms with E-state index in [9.17, 15) is 9.59 Å². The standard InChI is InChI=1S/C19H29N3O3.ClH/c1-4-17(23)22(2)16-8-6-5-7-15(16)18(24)21-13-19(14-25-3)9-11-20-12-10-19;/h5-8,20H,4,9-14H2,1-3H3,(H,21,24);1H. The van der Waals surface area contributed by atoms with E-state index in [0.717, 1.165) is 25.9 Å². The molecule has 0 unspecified atom stereocenters. The molecule has 2 N–H and O–H groups in total. The van der Waals surface area contributed by atoms with Crippen molar-refractivity contribution >= 4 is 29.9 Å². The van der Waals surface area contributed by atoms with Gasteiger partial charge in [-0.3, -0.25) is 9.59 Å². The van der Waals surface area contributed by atoms with Crippen molar-refractivity contribution in [3.8, 4) is 0 Å². The number of nitrogens with one attached hydrogen (secondary N) is 2. The van der Waals surface area contributed by atoms with Crippen molar-refractivity contribution in [2.45, 2.75) is 26.2 Å². The molecule has 1 aliphatic rings. The van der Waals surface area contributed by atoms with Gasteiger partial charge in [0.15, 0.2) is 0 Å². The lowest BCUT2D eigenvalue weighted by atomic mass is 9.79. The number of hydrogen-bond donors (Lipinski definition) is 2. The molecular weight excluding hydrogens is 354 g/mol. The Labute approximate surface area is 162 Å². The number of rotatable bonds is 7. The number of benzene rings is 1. The molecule has 1 heterocycles. The highest BCUT2D eigenvalue weighted by Gasteiger charge is 2.32. The van der Waals surface area contributed by atoms with Crippen LogP contribution in [-0.4, -0.2) is 52.2 Å². The van der Waals surface area contributed by atoms with Crippen LogP contribution in [0, 0.1) is 5.41 Å². The Bertz CT molecular complexity index is 598. The van der Waals surface area contributed by atoms with Gasteiger partial charge < -0.3 is 20.3 Å². The molecule has 0 saturated carbocycles. The number of piperidine rings is 1. The Hall–Kier alpha value is -1.63. The van der Waals surface area contributed by atoms with Gasteiger partial charge in [-0.2, -0.15) is 0 Å². The summed E-state index contributed by atoms with van der Waals surface area (Å²) in [5.41, 5.74) is 1.13. The summed E-state index contributed by atoms with van der Waals surface area (Å²) in [5.74, 6) is -0.171. The van der Waals surface area contributed by atoms with Gasteiger partial charge in [-0.15, -0.1) is 12.4 Å². The summed E-state index contributed by atoms with van der Waals surface area (Å²) < 4.78 is 5.40. The number of hydrogen-bond acceptors (Lipinski definition) is 4. The fraction of sp³-hybridized carbons (Fsp3) is 0.579. The van der Waals surface area contributed by atoms with Crippen LogP contribution >= 0.6 is 12.4 Å². The van der Waals surface area contributed by atoms with Gasteiger partial charge in [-0.1, -0.05) is 19.1 Å². The highest BCUT2D eigenvalue weighted by atomic mass is 35.5. The SMILES string of the molecule is CCC(=O)N(C)c1ccccc1C(=O)NCC1(COC)CCNCC1.Cl. The van der Waals surface area contributed by atoms with Crippen LogP contribution in [0.3, 0.4) is 0 Å². The van der Waals surface area contributed by atoms with Gasteiger partial charge in [0.1, 0.15) is 0 Å². The third-order valence-electron chi connectivity index (χ3n) is 4.93. The van der Waals surface area contributed by atoms with E-state index < -0.39 is 0 Å². The summed E-state index contributed by atoms with van der Waals surface area (Å²) in [7, 11) is 3.41. The van der Waals surface area contributed by atoms with E-state index in [4.69, 9.17) is 4.74 Å². The second-order valence-electron chi connectivity index (χ2n) is 6.69. The Kier molecular flexibility index (Phi) is 9.05. The van der Waals surface area contributed by atoms with Crippen LogP contribution in [-0.2, 0) is 9.53 Å². The third-order valence-corrected chi connectivity index (χ3v) is 4.93. The van der Waals surface area contributed by atoms with E-state index in [1.165, 1.54) is 0 Å². The van der Waals surface area contributed by atoms with Crippen molar-refractivity contribution < 1.29 is 14.3 Å². The number of carbonyl (C=O) groups is 2. The molecule has 1 saturated heterocycles. The van der Waals surface area contributed by atoms with Crippen molar-refractivity contribution in [3.63, 3.8) is 0 Å². The Morgan fingerprint density at radius 2 is 1.92 bits per heavy atom. The highest BCUT2D eigenvalue weighted by Crippen LogP contribution is 2.28. The van der Waals surface area contributed by atoms with Gasteiger partial charge in [0.05, 0.1) is 17.9 Å². The van der Waals surface area contributed by atoms with E-state index in [1.54, 1.807) is 31.2 Å². The fourth-order valence-corrected chi connectivity index (χ4v) is 3.33. The first kappa shape index (κ1) is 22.4. The first-order chi connectivity index (χ1) is 12.0. The Morgan fingerprint density at radius 1 is 1.27 bits per heavy atom. The average Bonchev–Trinajstić information content (AvgIpc) is 2.66. The Balaban J connectivity index is 0.00000338. The predicted octanol–water partition coefficient (Wildman–Crippen LogP) is 2.23. The molecule has 0 radical (unpaired) electrons. The van der Waals surface area contributed by atoms with E-state index in [0.29, 0.717) is 30.8 Å². The first-order valence-corrected chi connectivity index (χ1v) is 8.86. The summed E-state index contributed by atoms with van der Waals surface area (Å²) >= 11 is 0. The maximum Gasteiger partial charge on any atom is 0.253 e. The second-order valence-corrected chi connectivity index (χ2v) is 6.69. The zero-order valence-electron chi connectivity index (χ0n) is 15.8. The number of nitrogens with zero attached hydrogens (tertiary/aromatic N) is 1. The quantitative estimate of drug-likeness (QED) is 0.757. The minimum atomic E-state index is -0.152. The number of para-hydroxylation sites is 1. The predicted molar refractivity (Wildman–Crippen MR) is 106 cm³/mol. The van der Waals surface area contributed by atoms with Gasteiger partial charge in [-0.25, -0.2) is 0 Å². The Morgan fingerprint density at radius 3 is 2.54 bits per heavy atom. The number of ether oxygens (including phenoxy) is 1. The molecule has 26 heavy (non-hydrogen) atoms. The molecule has 2 amide bonds. The maximum atomic E-state index is 12.8. The minimum Gasteiger partial charge on any atom is -0.384 e. The zero-order valence-corrected chi connectivity index (χ0v) is 16.7. The molecule has 7 heteroatoms. The van der Waals surface area contributed by atoms with Gasteiger partial charge in [-0.05, 0) is 38.1 Å². The third kappa shape index (κ3) is 5.43. The molecular formula is C19H30ClN3O3. The first-order valence-electron chi connectivity index (χ1n) is 8.86. The van der Waals surface area contributed by atoms with E-state index >= 15 is 0 Å². The van der Waals surface area contributed by atoms with Crippen molar-refractivity contribution in [1.82, 2.24) is 10.6 Å².